The molecule has 2 aromatic carbocycles. The van der Waals surface area contributed by atoms with Gasteiger partial charge in [0.2, 0.25) is 5.78 Å². The van der Waals surface area contributed by atoms with Crippen molar-refractivity contribution < 1.29 is 23.8 Å². The summed E-state index contributed by atoms with van der Waals surface area (Å²) in [5.41, 5.74) is 1.45. The molecule has 0 aliphatic carbocycles. The highest BCUT2D eigenvalue weighted by atomic mass is 35.5. The summed E-state index contributed by atoms with van der Waals surface area (Å²) in [6.45, 7) is 2.02. The summed E-state index contributed by atoms with van der Waals surface area (Å²) in [6.07, 6.45) is 4.58. The van der Waals surface area contributed by atoms with E-state index in [0.29, 0.717) is 35.1 Å². The molecule has 1 aromatic heterocycles. The topological polar surface area (TPSA) is 91.7 Å². The number of carbonyl (C=O) groups is 2. The van der Waals surface area contributed by atoms with Crippen molar-refractivity contribution >= 4 is 35.1 Å². The molecule has 0 atom stereocenters. The fourth-order valence-corrected chi connectivity index (χ4v) is 3.24. The number of allylic oxidation sites excluding steroid dienone is 1. The molecule has 0 unspecified atom stereocenters. The van der Waals surface area contributed by atoms with Crippen molar-refractivity contribution in [3.05, 3.63) is 71.0 Å². The number of anilines is 1. The van der Waals surface area contributed by atoms with Gasteiger partial charge >= 0.3 is 0 Å². The standard InChI is InChI=1S/C24H24ClN3O5/c1-4-32-22-13-16(9-11-19(29)24-17(25)14-28(2)27-24)10-12-21(22)33-15-23(30)26-18-7-5-6-8-20(18)31-3/h5-14H,4,15H2,1-3H3,(H,26,30)/b11-9+. The summed E-state index contributed by atoms with van der Waals surface area (Å²) in [5.74, 6) is 0.755. The molecule has 0 aliphatic rings. The lowest BCUT2D eigenvalue weighted by Crippen LogP contribution is -2.20. The summed E-state index contributed by atoms with van der Waals surface area (Å²) in [7, 11) is 3.22. The lowest BCUT2D eigenvalue weighted by Gasteiger charge is -2.13. The van der Waals surface area contributed by atoms with Crippen molar-refractivity contribution in [3.63, 3.8) is 0 Å². The molecule has 33 heavy (non-hydrogen) atoms. The summed E-state index contributed by atoms with van der Waals surface area (Å²) >= 11 is 6.02. The number of nitrogens with zero attached hydrogens (tertiary/aromatic N) is 2. The van der Waals surface area contributed by atoms with Crippen molar-refractivity contribution in [1.29, 1.82) is 0 Å². The van der Waals surface area contributed by atoms with E-state index in [1.165, 1.54) is 17.9 Å². The smallest absolute Gasteiger partial charge is 0.262 e. The average molecular weight is 470 g/mol. The van der Waals surface area contributed by atoms with Gasteiger partial charge in [0.05, 0.1) is 24.4 Å². The third kappa shape index (κ3) is 6.36. The van der Waals surface area contributed by atoms with Crippen LogP contribution in [0.3, 0.4) is 0 Å². The molecule has 3 rings (SSSR count). The number of hydrogen-bond donors (Lipinski definition) is 1. The minimum absolute atomic E-state index is 0.182. The largest absolute Gasteiger partial charge is 0.495 e. The molecule has 0 saturated carbocycles. The monoisotopic (exact) mass is 469 g/mol. The first-order valence-corrected chi connectivity index (χ1v) is 10.5. The SMILES string of the molecule is CCOc1cc(/C=C/C(=O)c2nn(C)cc2Cl)ccc1OCC(=O)Nc1ccccc1OC. The number of amides is 1. The van der Waals surface area contributed by atoms with E-state index < -0.39 is 0 Å². The van der Waals surface area contributed by atoms with Crippen LogP contribution in [0.25, 0.3) is 6.08 Å². The van der Waals surface area contributed by atoms with E-state index in [9.17, 15) is 9.59 Å². The molecule has 0 aliphatic heterocycles. The van der Waals surface area contributed by atoms with Crippen LogP contribution in [0.15, 0.2) is 54.7 Å². The zero-order valence-corrected chi connectivity index (χ0v) is 19.3. The van der Waals surface area contributed by atoms with Crippen molar-refractivity contribution in [1.82, 2.24) is 9.78 Å². The van der Waals surface area contributed by atoms with Crippen LogP contribution in [0.2, 0.25) is 5.02 Å². The van der Waals surface area contributed by atoms with Gasteiger partial charge in [-0.05, 0) is 42.8 Å². The maximum absolute atomic E-state index is 12.3. The molecule has 0 fully saturated rings. The van der Waals surface area contributed by atoms with Gasteiger partial charge in [0.25, 0.3) is 5.91 Å². The molecule has 1 heterocycles. The second-order valence-corrected chi connectivity index (χ2v) is 7.28. The molecule has 1 amide bonds. The fourth-order valence-electron chi connectivity index (χ4n) is 2.97. The minimum atomic E-state index is -0.344. The van der Waals surface area contributed by atoms with Gasteiger partial charge in [0.1, 0.15) is 5.75 Å². The molecular weight excluding hydrogens is 446 g/mol. The van der Waals surface area contributed by atoms with Gasteiger partial charge in [0.15, 0.2) is 23.8 Å². The van der Waals surface area contributed by atoms with Crippen LogP contribution in [0.4, 0.5) is 5.69 Å². The third-order valence-corrected chi connectivity index (χ3v) is 4.73. The van der Waals surface area contributed by atoms with E-state index in [1.807, 2.05) is 13.0 Å². The number of ether oxygens (including phenoxy) is 3. The molecule has 0 spiro atoms. The number of hydrogen-bond acceptors (Lipinski definition) is 6. The number of aryl methyl sites for hydroxylation is 1. The van der Waals surface area contributed by atoms with Crippen molar-refractivity contribution in [2.75, 3.05) is 25.6 Å². The number of rotatable bonds is 10. The number of halogens is 1. The number of para-hydroxylation sites is 2. The van der Waals surface area contributed by atoms with Crippen LogP contribution < -0.4 is 19.5 Å². The Bertz CT molecular complexity index is 1170. The van der Waals surface area contributed by atoms with Gasteiger partial charge in [-0.25, -0.2) is 0 Å². The van der Waals surface area contributed by atoms with Gasteiger partial charge in [-0.2, -0.15) is 5.10 Å². The van der Waals surface area contributed by atoms with Gasteiger partial charge in [0, 0.05) is 13.2 Å². The average Bonchev–Trinajstić information content (AvgIpc) is 3.15. The Morgan fingerprint density at radius 3 is 2.61 bits per heavy atom. The number of ketones is 1. The van der Waals surface area contributed by atoms with Crippen LogP contribution in [0.1, 0.15) is 23.0 Å². The van der Waals surface area contributed by atoms with E-state index in [4.69, 9.17) is 25.8 Å². The van der Waals surface area contributed by atoms with E-state index in [0.717, 1.165) is 0 Å². The van der Waals surface area contributed by atoms with Crippen LogP contribution in [-0.2, 0) is 11.8 Å². The Labute approximate surface area is 196 Å². The van der Waals surface area contributed by atoms with E-state index >= 15 is 0 Å². The van der Waals surface area contributed by atoms with Gasteiger partial charge < -0.3 is 19.5 Å². The maximum Gasteiger partial charge on any atom is 0.262 e. The highest BCUT2D eigenvalue weighted by Crippen LogP contribution is 2.29. The Morgan fingerprint density at radius 1 is 1.12 bits per heavy atom. The van der Waals surface area contributed by atoms with Gasteiger partial charge in [-0.1, -0.05) is 35.9 Å². The maximum atomic E-state index is 12.3. The van der Waals surface area contributed by atoms with Crippen molar-refractivity contribution in [3.8, 4) is 17.2 Å². The Hall–Kier alpha value is -3.78. The second kappa shape index (κ2) is 11.2. The summed E-state index contributed by atoms with van der Waals surface area (Å²) < 4.78 is 18.0. The Morgan fingerprint density at radius 2 is 1.91 bits per heavy atom. The fraction of sp³-hybridized carbons (Fsp3) is 0.208. The summed E-state index contributed by atoms with van der Waals surface area (Å²) in [4.78, 5) is 24.7. The van der Waals surface area contributed by atoms with Crippen molar-refractivity contribution in [2.24, 2.45) is 7.05 Å². The van der Waals surface area contributed by atoms with Gasteiger partial charge in [-0.15, -0.1) is 0 Å². The first-order chi connectivity index (χ1) is 15.9. The Balaban J connectivity index is 1.67. The molecule has 172 valence electrons. The van der Waals surface area contributed by atoms with E-state index in [1.54, 1.807) is 55.7 Å². The van der Waals surface area contributed by atoms with Crippen molar-refractivity contribution in [2.45, 2.75) is 6.92 Å². The van der Waals surface area contributed by atoms with Crippen LogP contribution >= 0.6 is 11.6 Å². The van der Waals surface area contributed by atoms with E-state index in [-0.39, 0.29) is 29.0 Å². The number of methoxy groups -OCH3 is 1. The van der Waals surface area contributed by atoms with Crippen LogP contribution in [-0.4, -0.2) is 41.8 Å². The molecule has 0 radical (unpaired) electrons. The molecule has 3 aromatic rings. The first kappa shape index (κ1) is 23.9. The Kier molecular flexibility index (Phi) is 8.10. The third-order valence-electron chi connectivity index (χ3n) is 4.45. The predicted molar refractivity (Wildman–Crippen MR) is 126 cm³/mol. The zero-order chi connectivity index (χ0) is 23.8. The number of carbonyl (C=O) groups excluding carboxylic acids is 2. The predicted octanol–water partition coefficient (Wildman–Crippen LogP) is 4.39. The van der Waals surface area contributed by atoms with Crippen LogP contribution in [0.5, 0.6) is 17.2 Å². The van der Waals surface area contributed by atoms with E-state index in [2.05, 4.69) is 10.4 Å². The molecule has 8 nitrogen and oxygen atoms in total. The summed E-state index contributed by atoms with van der Waals surface area (Å²) in [6, 6.07) is 12.3. The number of aromatic nitrogens is 2. The van der Waals surface area contributed by atoms with Crippen LogP contribution in [0, 0.1) is 0 Å². The number of nitrogens with one attached hydrogen (secondary N) is 1. The highest BCUT2D eigenvalue weighted by molar-refractivity contribution is 6.34. The first-order valence-electron chi connectivity index (χ1n) is 10.1. The molecule has 0 saturated heterocycles. The number of benzene rings is 2. The lowest BCUT2D eigenvalue weighted by atomic mass is 10.1. The molecule has 1 N–H and O–H groups in total. The quantitative estimate of drug-likeness (QED) is 0.349. The highest BCUT2D eigenvalue weighted by Gasteiger charge is 2.13. The van der Waals surface area contributed by atoms with Gasteiger partial charge in [-0.3, -0.25) is 14.3 Å². The summed E-state index contributed by atoms with van der Waals surface area (Å²) in [5, 5.41) is 7.10. The second-order valence-electron chi connectivity index (χ2n) is 6.87. The molecule has 9 heteroatoms. The molecular formula is C24H24ClN3O5. The lowest BCUT2D eigenvalue weighted by molar-refractivity contribution is -0.118. The zero-order valence-electron chi connectivity index (χ0n) is 18.5. The normalized spacial score (nSPS) is 10.8. The minimum Gasteiger partial charge on any atom is -0.495 e. The molecule has 0 bridgehead atoms.